The summed E-state index contributed by atoms with van der Waals surface area (Å²) < 4.78 is 7.38. The van der Waals surface area contributed by atoms with E-state index in [0.29, 0.717) is 23.4 Å². The van der Waals surface area contributed by atoms with Gasteiger partial charge >= 0.3 is 0 Å². The van der Waals surface area contributed by atoms with Crippen molar-refractivity contribution < 1.29 is 14.9 Å². The number of aromatic nitrogens is 4. The van der Waals surface area contributed by atoms with Gasteiger partial charge in [-0.25, -0.2) is 15.0 Å². The van der Waals surface area contributed by atoms with Crippen LogP contribution < -0.4 is 5.32 Å². The average Bonchev–Trinajstić information content (AvgIpc) is 3.03. The number of aliphatic hydroxyl groups is 2. The van der Waals surface area contributed by atoms with Crippen LogP contribution in [-0.4, -0.2) is 55.1 Å². The SMILES string of the molecule is CCNc1ncnc2c1ncn2C1CC(O)C(CO)O1. The number of fused-ring (bicyclic) bond motifs is 1. The van der Waals surface area contributed by atoms with Crippen LogP contribution in [0.25, 0.3) is 11.2 Å². The lowest BCUT2D eigenvalue weighted by Gasteiger charge is -2.13. The molecule has 3 unspecified atom stereocenters. The van der Waals surface area contributed by atoms with Crippen LogP contribution in [0.1, 0.15) is 19.6 Å². The topological polar surface area (TPSA) is 105 Å². The van der Waals surface area contributed by atoms with Crippen molar-refractivity contribution in [2.45, 2.75) is 31.8 Å². The zero-order valence-electron chi connectivity index (χ0n) is 11.1. The molecule has 1 saturated heterocycles. The molecule has 0 radical (unpaired) electrons. The van der Waals surface area contributed by atoms with Crippen molar-refractivity contribution in [2.24, 2.45) is 0 Å². The number of imidazole rings is 1. The van der Waals surface area contributed by atoms with Crippen LogP contribution in [0, 0.1) is 0 Å². The van der Waals surface area contributed by atoms with Crippen molar-refractivity contribution in [3.8, 4) is 0 Å². The summed E-state index contributed by atoms with van der Waals surface area (Å²) in [5.41, 5.74) is 1.31. The Balaban J connectivity index is 1.95. The second-order valence-corrected chi connectivity index (χ2v) is 4.69. The van der Waals surface area contributed by atoms with E-state index in [1.54, 1.807) is 10.9 Å². The zero-order chi connectivity index (χ0) is 14.1. The number of rotatable bonds is 4. The minimum atomic E-state index is -0.683. The quantitative estimate of drug-likeness (QED) is 0.717. The number of hydrogen-bond donors (Lipinski definition) is 3. The van der Waals surface area contributed by atoms with Gasteiger partial charge in [0, 0.05) is 13.0 Å². The van der Waals surface area contributed by atoms with Gasteiger partial charge < -0.3 is 20.3 Å². The van der Waals surface area contributed by atoms with E-state index in [9.17, 15) is 5.11 Å². The number of anilines is 1. The third-order valence-electron chi connectivity index (χ3n) is 3.40. The van der Waals surface area contributed by atoms with Gasteiger partial charge in [-0.15, -0.1) is 0 Å². The molecule has 3 N–H and O–H groups in total. The maximum Gasteiger partial charge on any atom is 0.167 e. The summed E-state index contributed by atoms with van der Waals surface area (Å²) in [6.07, 6.45) is 1.86. The molecule has 8 nitrogen and oxygen atoms in total. The van der Waals surface area contributed by atoms with Crippen LogP contribution in [-0.2, 0) is 4.74 Å². The number of nitrogens with one attached hydrogen (secondary N) is 1. The molecule has 0 aromatic carbocycles. The highest BCUT2D eigenvalue weighted by molar-refractivity contribution is 5.82. The van der Waals surface area contributed by atoms with E-state index in [4.69, 9.17) is 9.84 Å². The largest absolute Gasteiger partial charge is 0.394 e. The summed E-state index contributed by atoms with van der Waals surface area (Å²) in [6.45, 7) is 2.51. The predicted octanol–water partition coefficient (Wildman–Crippen LogP) is -0.101. The van der Waals surface area contributed by atoms with Crippen molar-refractivity contribution in [3.05, 3.63) is 12.7 Å². The third kappa shape index (κ3) is 2.11. The molecule has 0 saturated carbocycles. The number of nitrogens with zero attached hydrogens (tertiary/aromatic N) is 4. The van der Waals surface area contributed by atoms with Gasteiger partial charge in [0.25, 0.3) is 0 Å². The van der Waals surface area contributed by atoms with Gasteiger partial charge in [-0.2, -0.15) is 0 Å². The van der Waals surface area contributed by atoms with Crippen LogP contribution >= 0.6 is 0 Å². The maximum absolute atomic E-state index is 9.81. The van der Waals surface area contributed by atoms with E-state index in [-0.39, 0.29) is 12.8 Å². The molecule has 2 aromatic heterocycles. The van der Waals surface area contributed by atoms with Gasteiger partial charge in [0.05, 0.1) is 19.0 Å². The molecule has 20 heavy (non-hydrogen) atoms. The molecule has 3 heterocycles. The van der Waals surface area contributed by atoms with E-state index >= 15 is 0 Å². The lowest BCUT2D eigenvalue weighted by molar-refractivity contribution is -0.0432. The van der Waals surface area contributed by atoms with E-state index in [0.717, 1.165) is 6.54 Å². The fourth-order valence-electron chi connectivity index (χ4n) is 2.41. The van der Waals surface area contributed by atoms with Crippen molar-refractivity contribution in [2.75, 3.05) is 18.5 Å². The van der Waals surface area contributed by atoms with Crippen LogP contribution in [0.15, 0.2) is 12.7 Å². The first-order valence-electron chi connectivity index (χ1n) is 6.60. The fourth-order valence-corrected chi connectivity index (χ4v) is 2.41. The molecule has 1 fully saturated rings. The Morgan fingerprint density at radius 3 is 3.00 bits per heavy atom. The zero-order valence-corrected chi connectivity index (χ0v) is 11.1. The highest BCUT2D eigenvalue weighted by Gasteiger charge is 2.35. The third-order valence-corrected chi connectivity index (χ3v) is 3.40. The van der Waals surface area contributed by atoms with Crippen molar-refractivity contribution in [1.29, 1.82) is 0 Å². The first kappa shape index (κ1) is 13.2. The minimum absolute atomic E-state index is 0.206. The highest BCUT2D eigenvalue weighted by atomic mass is 16.5. The van der Waals surface area contributed by atoms with Gasteiger partial charge in [-0.3, -0.25) is 4.57 Å². The monoisotopic (exact) mass is 279 g/mol. The molecule has 0 spiro atoms. The molecule has 3 atom stereocenters. The number of aliphatic hydroxyl groups excluding tert-OH is 2. The molecule has 3 rings (SSSR count). The first-order chi connectivity index (χ1) is 9.74. The molecule has 8 heteroatoms. The molecular formula is C12H17N5O3. The molecular weight excluding hydrogens is 262 g/mol. The standard InChI is InChI=1S/C12H17N5O3/c1-2-13-11-10-12(15-5-14-11)17(6-16-10)9-3-7(19)8(4-18)20-9/h5-9,18-19H,2-4H2,1H3,(H,13,14,15). The second-order valence-electron chi connectivity index (χ2n) is 4.69. The van der Waals surface area contributed by atoms with Crippen molar-refractivity contribution in [1.82, 2.24) is 19.5 Å². The van der Waals surface area contributed by atoms with Gasteiger partial charge in [-0.1, -0.05) is 0 Å². The van der Waals surface area contributed by atoms with Crippen molar-refractivity contribution in [3.63, 3.8) is 0 Å². The molecule has 1 aliphatic rings. The van der Waals surface area contributed by atoms with E-state index in [1.807, 2.05) is 6.92 Å². The molecule has 108 valence electrons. The fraction of sp³-hybridized carbons (Fsp3) is 0.583. The predicted molar refractivity (Wildman–Crippen MR) is 71.1 cm³/mol. The van der Waals surface area contributed by atoms with E-state index in [2.05, 4.69) is 20.3 Å². The Morgan fingerprint density at radius 1 is 1.45 bits per heavy atom. The highest BCUT2D eigenvalue weighted by Crippen LogP contribution is 2.31. The Bertz CT molecular complexity index is 602. The average molecular weight is 279 g/mol. The van der Waals surface area contributed by atoms with Crippen molar-refractivity contribution >= 4 is 17.0 Å². The van der Waals surface area contributed by atoms with Gasteiger partial charge in [0.2, 0.25) is 0 Å². The second kappa shape index (κ2) is 5.31. The van der Waals surface area contributed by atoms with Crippen LogP contribution in [0.5, 0.6) is 0 Å². The molecule has 0 aliphatic carbocycles. The Hall–Kier alpha value is -1.77. The minimum Gasteiger partial charge on any atom is -0.394 e. The summed E-state index contributed by atoms with van der Waals surface area (Å²) in [5.74, 6) is 0.675. The summed E-state index contributed by atoms with van der Waals surface area (Å²) >= 11 is 0. The van der Waals surface area contributed by atoms with Gasteiger partial charge in [0.1, 0.15) is 18.7 Å². The Kier molecular flexibility index (Phi) is 3.51. The Labute approximate surface area is 115 Å². The Morgan fingerprint density at radius 2 is 2.30 bits per heavy atom. The number of ether oxygens (including phenoxy) is 1. The summed E-state index contributed by atoms with van der Waals surface area (Å²) in [6, 6.07) is 0. The van der Waals surface area contributed by atoms with Crippen LogP contribution in [0.2, 0.25) is 0 Å². The summed E-state index contributed by atoms with van der Waals surface area (Å²) in [7, 11) is 0. The molecule has 1 aliphatic heterocycles. The maximum atomic E-state index is 9.81. The first-order valence-corrected chi connectivity index (χ1v) is 6.60. The molecule has 0 amide bonds. The smallest absolute Gasteiger partial charge is 0.167 e. The lowest BCUT2D eigenvalue weighted by atomic mass is 10.2. The number of hydrogen-bond acceptors (Lipinski definition) is 7. The molecule has 2 aromatic rings. The van der Waals surface area contributed by atoms with Crippen LogP contribution in [0.4, 0.5) is 5.82 Å². The summed E-state index contributed by atoms with van der Waals surface area (Å²) in [5, 5.41) is 22.1. The summed E-state index contributed by atoms with van der Waals surface area (Å²) in [4.78, 5) is 12.7. The normalized spacial score (nSPS) is 26.2. The van der Waals surface area contributed by atoms with E-state index < -0.39 is 12.2 Å². The van der Waals surface area contributed by atoms with Gasteiger partial charge in [0.15, 0.2) is 17.0 Å². The van der Waals surface area contributed by atoms with Gasteiger partial charge in [-0.05, 0) is 6.92 Å². The van der Waals surface area contributed by atoms with E-state index in [1.165, 1.54) is 6.33 Å². The lowest BCUT2D eigenvalue weighted by Crippen LogP contribution is -2.24. The van der Waals surface area contributed by atoms with Crippen LogP contribution in [0.3, 0.4) is 0 Å². The molecule has 0 bridgehead atoms.